The van der Waals surface area contributed by atoms with Gasteiger partial charge in [-0.15, -0.1) is 13.2 Å². The van der Waals surface area contributed by atoms with E-state index in [9.17, 15) is 35.9 Å². The van der Waals surface area contributed by atoms with E-state index in [-0.39, 0.29) is 34.3 Å². The number of methoxy groups -OCH3 is 1. The summed E-state index contributed by atoms with van der Waals surface area (Å²) in [6, 6.07) is 11.4. The van der Waals surface area contributed by atoms with E-state index in [1.54, 1.807) is 18.2 Å². The van der Waals surface area contributed by atoms with Crippen molar-refractivity contribution < 1.29 is 45.4 Å². The Kier molecular flexibility index (Phi) is 8.89. The number of benzene rings is 3. The highest BCUT2D eigenvalue weighted by Crippen LogP contribution is 2.38. The molecule has 1 aliphatic rings. The van der Waals surface area contributed by atoms with Gasteiger partial charge in [-0.05, 0) is 60.2 Å². The average molecular weight is 635 g/mol. The number of carbonyl (C=O) groups excluding carboxylic acids is 2. The van der Waals surface area contributed by atoms with Gasteiger partial charge in [-0.2, -0.15) is 13.2 Å². The first kappa shape index (κ1) is 31.3. The van der Waals surface area contributed by atoms with E-state index in [2.05, 4.69) is 4.74 Å². The number of carbonyl (C=O) groups is 2. The minimum Gasteiger partial charge on any atom is -0.496 e. The summed E-state index contributed by atoms with van der Waals surface area (Å²) in [5, 5.41) is 0.489. The van der Waals surface area contributed by atoms with Crippen molar-refractivity contribution in [1.82, 2.24) is 9.80 Å². The van der Waals surface area contributed by atoms with Gasteiger partial charge in [0.05, 0.1) is 28.8 Å². The zero-order chi connectivity index (χ0) is 31.0. The van der Waals surface area contributed by atoms with E-state index in [4.69, 9.17) is 27.9 Å². The molecule has 224 valence electrons. The lowest BCUT2D eigenvalue weighted by Crippen LogP contribution is -2.42. The number of rotatable bonds is 6. The second-order valence-corrected chi connectivity index (χ2v) is 10.3. The summed E-state index contributed by atoms with van der Waals surface area (Å²) >= 11 is 12.3. The maximum absolute atomic E-state index is 13.6. The number of alkyl halides is 6. The molecule has 0 aromatic heterocycles. The second kappa shape index (κ2) is 11.9. The van der Waals surface area contributed by atoms with Crippen LogP contribution in [0.15, 0.2) is 60.7 Å². The lowest BCUT2D eigenvalue weighted by Gasteiger charge is -2.29. The molecule has 1 aliphatic heterocycles. The first-order chi connectivity index (χ1) is 19.6. The molecule has 1 saturated heterocycles. The fraction of sp³-hybridized carbons (Fsp3) is 0.286. The SMILES string of the molecule is COc1ccc(C(=O)N(C)[C@@H]2CN(C(=O)c3ccc(OC(F)(F)F)cc3)CC2c2ccc(Cl)c(Cl)c2)cc1C(F)(F)F. The maximum Gasteiger partial charge on any atom is 0.573 e. The van der Waals surface area contributed by atoms with E-state index >= 15 is 0 Å². The normalized spacial score (nSPS) is 17.2. The Morgan fingerprint density at radius 1 is 0.881 bits per heavy atom. The van der Waals surface area contributed by atoms with Crippen LogP contribution in [0.3, 0.4) is 0 Å². The van der Waals surface area contributed by atoms with Crippen LogP contribution in [0.5, 0.6) is 11.5 Å². The monoisotopic (exact) mass is 634 g/mol. The Bertz CT molecular complexity index is 1480. The average Bonchev–Trinajstić information content (AvgIpc) is 3.37. The molecule has 42 heavy (non-hydrogen) atoms. The smallest absolute Gasteiger partial charge is 0.496 e. The second-order valence-electron chi connectivity index (χ2n) is 9.46. The van der Waals surface area contributed by atoms with Crippen molar-refractivity contribution in [2.75, 3.05) is 27.2 Å². The van der Waals surface area contributed by atoms with Crippen molar-refractivity contribution in [2.45, 2.75) is 24.5 Å². The maximum atomic E-state index is 13.6. The molecule has 0 bridgehead atoms. The summed E-state index contributed by atoms with van der Waals surface area (Å²) in [7, 11) is 2.49. The summed E-state index contributed by atoms with van der Waals surface area (Å²) in [6.07, 6.45) is -9.68. The van der Waals surface area contributed by atoms with Gasteiger partial charge in [0.15, 0.2) is 0 Å². The minimum atomic E-state index is -4.90. The molecule has 14 heteroatoms. The van der Waals surface area contributed by atoms with Crippen molar-refractivity contribution in [3.05, 3.63) is 93.0 Å². The van der Waals surface area contributed by atoms with Gasteiger partial charge in [-0.25, -0.2) is 0 Å². The third-order valence-corrected chi connectivity index (χ3v) is 7.59. The van der Waals surface area contributed by atoms with Crippen LogP contribution in [-0.4, -0.2) is 61.3 Å². The number of hydrogen-bond donors (Lipinski definition) is 0. The van der Waals surface area contributed by atoms with Crippen LogP contribution >= 0.6 is 23.2 Å². The molecule has 2 amide bonds. The molecule has 0 aliphatic carbocycles. The van der Waals surface area contributed by atoms with Crippen molar-refractivity contribution in [3.8, 4) is 11.5 Å². The predicted molar refractivity (Wildman–Crippen MR) is 142 cm³/mol. The third-order valence-electron chi connectivity index (χ3n) is 6.85. The van der Waals surface area contributed by atoms with Crippen LogP contribution in [0.1, 0.15) is 37.8 Å². The topological polar surface area (TPSA) is 59.1 Å². The zero-order valence-electron chi connectivity index (χ0n) is 21.9. The molecular formula is C28H22Cl2F6N2O4. The van der Waals surface area contributed by atoms with E-state index in [1.807, 2.05) is 0 Å². The van der Waals surface area contributed by atoms with Crippen molar-refractivity contribution >= 4 is 35.0 Å². The third kappa shape index (κ3) is 6.87. The molecule has 0 saturated carbocycles. The summed E-state index contributed by atoms with van der Waals surface area (Å²) in [5.41, 5.74) is -0.684. The van der Waals surface area contributed by atoms with Gasteiger partial charge in [-0.1, -0.05) is 29.3 Å². The molecule has 0 N–H and O–H groups in total. The van der Waals surface area contributed by atoms with Crippen LogP contribution in [0.4, 0.5) is 26.3 Å². The lowest BCUT2D eigenvalue weighted by atomic mass is 9.93. The number of ether oxygens (including phenoxy) is 2. The van der Waals surface area contributed by atoms with Crippen molar-refractivity contribution in [3.63, 3.8) is 0 Å². The van der Waals surface area contributed by atoms with E-state index in [1.165, 1.54) is 35.0 Å². The Morgan fingerprint density at radius 3 is 2.10 bits per heavy atom. The standard InChI is InChI=1S/C28H22Cl2F6N2O4/c1-37(25(39)17-6-10-24(41-2)20(11-17)27(31,32)33)23-14-38(13-19(23)16-5-9-21(29)22(30)12-16)26(40)15-3-7-18(8-4-15)42-28(34,35)36/h3-12,19,23H,13-14H2,1-2H3/t19?,23-/m1/s1. The van der Waals surface area contributed by atoms with Gasteiger partial charge in [0.1, 0.15) is 11.5 Å². The largest absolute Gasteiger partial charge is 0.573 e. The molecule has 1 fully saturated rings. The van der Waals surface area contributed by atoms with E-state index in [0.717, 1.165) is 25.3 Å². The van der Waals surface area contributed by atoms with Gasteiger partial charge in [0, 0.05) is 37.2 Å². The molecule has 6 nitrogen and oxygen atoms in total. The number of likely N-dealkylation sites (tertiary alicyclic amines) is 1. The first-order valence-electron chi connectivity index (χ1n) is 12.2. The molecule has 4 rings (SSSR count). The molecule has 1 heterocycles. The first-order valence-corrected chi connectivity index (χ1v) is 13.0. The van der Waals surface area contributed by atoms with E-state index in [0.29, 0.717) is 11.6 Å². The van der Waals surface area contributed by atoms with Crippen molar-refractivity contribution in [2.24, 2.45) is 0 Å². The Hall–Kier alpha value is -3.64. The van der Waals surface area contributed by atoms with Crippen LogP contribution in [0.2, 0.25) is 10.0 Å². The molecule has 3 aromatic carbocycles. The Morgan fingerprint density at radius 2 is 1.52 bits per heavy atom. The quantitative estimate of drug-likeness (QED) is 0.267. The summed E-state index contributed by atoms with van der Waals surface area (Å²) in [4.78, 5) is 29.5. The molecule has 2 atom stereocenters. The molecule has 0 radical (unpaired) electrons. The van der Waals surface area contributed by atoms with Crippen LogP contribution in [0.25, 0.3) is 0 Å². The van der Waals surface area contributed by atoms with Crippen LogP contribution < -0.4 is 9.47 Å². The van der Waals surface area contributed by atoms with Gasteiger partial charge in [-0.3, -0.25) is 9.59 Å². The highest BCUT2D eigenvalue weighted by atomic mass is 35.5. The summed E-state index contributed by atoms with van der Waals surface area (Å²) in [6.45, 7) is 0.0331. The highest BCUT2D eigenvalue weighted by Gasteiger charge is 2.41. The number of amides is 2. The molecular weight excluding hydrogens is 613 g/mol. The minimum absolute atomic E-state index is 0.0327. The number of likely N-dealkylation sites (N-methyl/N-ethyl adjacent to an activating group) is 1. The zero-order valence-corrected chi connectivity index (χ0v) is 23.4. The number of hydrogen-bond acceptors (Lipinski definition) is 4. The van der Waals surface area contributed by atoms with Gasteiger partial charge in [0.2, 0.25) is 0 Å². The molecule has 0 spiro atoms. The van der Waals surface area contributed by atoms with Gasteiger partial charge >= 0.3 is 12.5 Å². The molecule has 3 aromatic rings. The number of halogens is 8. The Balaban J connectivity index is 1.65. The van der Waals surface area contributed by atoms with E-state index < -0.39 is 53.4 Å². The van der Waals surface area contributed by atoms with Gasteiger partial charge < -0.3 is 19.3 Å². The van der Waals surface area contributed by atoms with Crippen LogP contribution in [-0.2, 0) is 6.18 Å². The van der Waals surface area contributed by atoms with Crippen molar-refractivity contribution in [1.29, 1.82) is 0 Å². The molecule has 1 unspecified atom stereocenters. The summed E-state index contributed by atoms with van der Waals surface area (Å²) in [5.74, 6) is -2.76. The Labute approximate surface area is 246 Å². The van der Waals surface area contributed by atoms with Crippen LogP contribution in [0, 0.1) is 0 Å². The predicted octanol–water partition coefficient (Wildman–Crippen LogP) is 7.30. The summed E-state index contributed by atoms with van der Waals surface area (Å²) < 4.78 is 87.0. The fourth-order valence-corrected chi connectivity index (χ4v) is 5.12. The fourth-order valence-electron chi connectivity index (χ4n) is 4.81. The highest BCUT2D eigenvalue weighted by molar-refractivity contribution is 6.42. The van der Waals surface area contributed by atoms with Gasteiger partial charge in [0.25, 0.3) is 11.8 Å². The number of nitrogens with zero attached hydrogens (tertiary/aromatic N) is 2. The lowest BCUT2D eigenvalue weighted by molar-refractivity contribution is -0.274.